The second-order valence-electron chi connectivity index (χ2n) is 10.7. The molecule has 5 rings (SSSR count). The number of hydrogen-bond donors (Lipinski definition) is 1. The van der Waals surface area contributed by atoms with Crippen LogP contribution in [-0.4, -0.2) is 97.4 Å². The van der Waals surface area contributed by atoms with Gasteiger partial charge in [-0.2, -0.15) is 0 Å². The van der Waals surface area contributed by atoms with E-state index in [0.717, 1.165) is 55.3 Å². The van der Waals surface area contributed by atoms with Crippen LogP contribution < -0.4 is 18.9 Å². The molecule has 10 nitrogen and oxygen atoms in total. The molecule has 0 bridgehead atoms. The second kappa shape index (κ2) is 16.6. The van der Waals surface area contributed by atoms with Gasteiger partial charge in [0.25, 0.3) is 5.91 Å². The van der Waals surface area contributed by atoms with E-state index >= 15 is 0 Å². The van der Waals surface area contributed by atoms with Crippen molar-refractivity contribution >= 4 is 46.3 Å². The number of amides is 1. The molecule has 1 N–H and O–H groups in total. The molecule has 0 aliphatic carbocycles. The molecule has 12 heteroatoms. The number of morpholine rings is 1. The van der Waals surface area contributed by atoms with E-state index in [0.29, 0.717) is 52.7 Å². The smallest absolute Gasteiger partial charge is 0.335 e. The van der Waals surface area contributed by atoms with Gasteiger partial charge < -0.3 is 28.8 Å². The molecule has 2 aliphatic heterocycles. The van der Waals surface area contributed by atoms with Gasteiger partial charge in [-0.05, 0) is 73.0 Å². The Labute approximate surface area is 284 Å². The lowest BCUT2D eigenvalue weighted by atomic mass is 10.0. The van der Waals surface area contributed by atoms with E-state index < -0.39 is 5.97 Å². The van der Waals surface area contributed by atoms with E-state index in [4.69, 9.17) is 35.9 Å². The fourth-order valence-electron chi connectivity index (χ4n) is 5.15. The summed E-state index contributed by atoms with van der Waals surface area (Å²) in [6.45, 7) is 7.70. The predicted molar refractivity (Wildman–Crippen MR) is 186 cm³/mol. The number of carboxylic acids is 1. The van der Waals surface area contributed by atoms with Gasteiger partial charge in [-0.15, -0.1) is 0 Å². The highest BCUT2D eigenvalue weighted by molar-refractivity contribution is 8.26. The molecule has 3 aromatic carbocycles. The first-order valence-electron chi connectivity index (χ1n) is 15.5. The van der Waals surface area contributed by atoms with Gasteiger partial charge in [-0.1, -0.05) is 42.2 Å². The standard InChI is InChI=1S/C35H38N2O8S2/c1-3-43-28-9-5-24(6-10-28)25-7-11-29(45-20-16-36-14-18-42-19-15-36)27(21-25)23-32-33(38)37(35(46)47-32)13-4-17-44-30-12-8-26(34(39)40)22-31(30)41-2/h5-12,21-23H,3-4,13-20H2,1-2H3,(H,39,40). The number of aromatic carboxylic acids is 1. The molecule has 47 heavy (non-hydrogen) atoms. The minimum Gasteiger partial charge on any atom is -0.494 e. The number of carbonyl (C=O) groups excluding carboxylic acids is 1. The fourth-order valence-corrected chi connectivity index (χ4v) is 6.45. The molecule has 0 saturated carbocycles. The number of ether oxygens (including phenoxy) is 5. The summed E-state index contributed by atoms with van der Waals surface area (Å²) in [5.74, 6) is 1.03. The maximum absolute atomic E-state index is 13.5. The Balaban J connectivity index is 1.28. The van der Waals surface area contributed by atoms with Gasteiger partial charge >= 0.3 is 5.97 Å². The van der Waals surface area contributed by atoms with Crippen LogP contribution in [0.2, 0.25) is 0 Å². The zero-order valence-corrected chi connectivity index (χ0v) is 28.1. The number of rotatable bonds is 15. The van der Waals surface area contributed by atoms with Crippen LogP contribution in [-0.2, 0) is 9.53 Å². The van der Waals surface area contributed by atoms with E-state index in [-0.39, 0.29) is 18.1 Å². The number of thioether (sulfide) groups is 1. The monoisotopic (exact) mass is 678 g/mol. The van der Waals surface area contributed by atoms with E-state index in [1.807, 2.05) is 55.5 Å². The number of nitrogens with zero attached hydrogens (tertiary/aromatic N) is 2. The van der Waals surface area contributed by atoms with E-state index in [1.54, 1.807) is 11.0 Å². The second-order valence-corrected chi connectivity index (χ2v) is 12.4. The first-order valence-corrected chi connectivity index (χ1v) is 16.7. The molecule has 1 amide bonds. The van der Waals surface area contributed by atoms with Gasteiger partial charge in [-0.25, -0.2) is 4.79 Å². The van der Waals surface area contributed by atoms with Crippen LogP contribution in [0.1, 0.15) is 29.3 Å². The van der Waals surface area contributed by atoms with Crippen molar-refractivity contribution < 1.29 is 38.4 Å². The summed E-state index contributed by atoms with van der Waals surface area (Å²) >= 11 is 6.86. The number of methoxy groups -OCH3 is 1. The molecule has 2 heterocycles. The molecule has 0 atom stereocenters. The van der Waals surface area contributed by atoms with Gasteiger partial charge in [0.15, 0.2) is 11.5 Å². The van der Waals surface area contributed by atoms with Crippen LogP contribution in [0.4, 0.5) is 0 Å². The van der Waals surface area contributed by atoms with E-state index in [2.05, 4.69) is 4.90 Å². The van der Waals surface area contributed by atoms with Gasteiger partial charge in [0.2, 0.25) is 0 Å². The lowest BCUT2D eigenvalue weighted by molar-refractivity contribution is -0.122. The first kappa shape index (κ1) is 34.2. The minimum atomic E-state index is -1.05. The normalized spacial score (nSPS) is 16.0. The predicted octanol–water partition coefficient (Wildman–Crippen LogP) is 5.84. The summed E-state index contributed by atoms with van der Waals surface area (Å²) in [5, 5.41) is 9.22. The van der Waals surface area contributed by atoms with E-state index in [9.17, 15) is 14.7 Å². The summed E-state index contributed by atoms with van der Waals surface area (Å²) in [6.07, 6.45) is 2.36. The lowest BCUT2D eigenvalue weighted by Crippen LogP contribution is -2.38. The summed E-state index contributed by atoms with van der Waals surface area (Å²) in [5.41, 5.74) is 2.90. The third-order valence-corrected chi connectivity index (χ3v) is 9.01. The molecule has 0 spiro atoms. The molecule has 2 aliphatic rings. The quantitative estimate of drug-likeness (QED) is 0.119. The summed E-state index contributed by atoms with van der Waals surface area (Å²) in [6, 6.07) is 18.4. The highest BCUT2D eigenvalue weighted by Gasteiger charge is 2.32. The van der Waals surface area contributed by atoms with Gasteiger partial charge in [0, 0.05) is 31.7 Å². The maximum atomic E-state index is 13.5. The number of benzene rings is 3. The van der Waals surface area contributed by atoms with Crippen LogP contribution in [0.3, 0.4) is 0 Å². The fraction of sp³-hybridized carbons (Fsp3) is 0.343. The van der Waals surface area contributed by atoms with Crippen molar-refractivity contribution in [2.45, 2.75) is 13.3 Å². The Morgan fingerprint density at radius 2 is 1.66 bits per heavy atom. The Morgan fingerprint density at radius 1 is 0.936 bits per heavy atom. The van der Waals surface area contributed by atoms with Crippen LogP contribution in [0.5, 0.6) is 23.0 Å². The van der Waals surface area contributed by atoms with Crippen molar-refractivity contribution in [3.63, 3.8) is 0 Å². The maximum Gasteiger partial charge on any atom is 0.335 e. The Morgan fingerprint density at radius 3 is 2.38 bits per heavy atom. The molecule has 0 aromatic heterocycles. The molecule has 2 fully saturated rings. The van der Waals surface area contributed by atoms with Gasteiger partial charge in [0.05, 0.1) is 44.0 Å². The minimum absolute atomic E-state index is 0.106. The van der Waals surface area contributed by atoms with Crippen LogP contribution in [0.25, 0.3) is 17.2 Å². The highest BCUT2D eigenvalue weighted by Crippen LogP contribution is 2.36. The van der Waals surface area contributed by atoms with Crippen molar-refractivity contribution in [1.29, 1.82) is 0 Å². The van der Waals surface area contributed by atoms with Crippen LogP contribution >= 0.6 is 24.0 Å². The molecular weight excluding hydrogens is 641 g/mol. The lowest BCUT2D eigenvalue weighted by Gasteiger charge is -2.26. The topological polar surface area (TPSA) is 107 Å². The summed E-state index contributed by atoms with van der Waals surface area (Å²) in [4.78, 5) is 29.2. The molecule has 0 radical (unpaired) electrons. The van der Waals surface area contributed by atoms with Crippen LogP contribution in [0, 0.1) is 0 Å². The zero-order valence-electron chi connectivity index (χ0n) is 26.4. The number of thiocarbonyl (C=S) groups is 1. The molecule has 0 unspecified atom stereocenters. The van der Waals surface area contributed by atoms with Gasteiger partial charge in [-0.3, -0.25) is 14.6 Å². The third-order valence-electron chi connectivity index (χ3n) is 7.63. The molecule has 248 valence electrons. The molecule has 3 aromatic rings. The number of carboxylic acid groups (broad SMARTS) is 1. The van der Waals surface area contributed by atoms with Crippen molar-refractivity contribution in [3.05, 3.63) is 76.7 Å². The summed E-state index contributed by atoms with van der Waals surface area (Å²) < 4.78 is 28.9. The Kier molecular flexibility index (Phi) is 12.1. The third kappa shape index (κ3) is 9.04. The van der Waals surface area contributed by atoms with Crippen LogP contribution in [0.15, 0.2) is 65.6 Å². The summed E-state index contributed by atoms with van der Waals surface area (Å²) in [7, 11) is 1.45. The average molecular weight is 679 g/mol. The largest absolute Gasteiger partial charge is 0.494 e. The molecule has 2 saturated heterocycles. The SMILES string of the molecule is CCOc1ccc(-c2ccc(OCCN3CCOCC3)c(C=C3SC(=S)N(CCCOc4ccc(C(=O)O)cc4OC)C3=O)c2)cc1. The first-order chi connectivity index (χ1) is 22.9. The number of carbonyl (C=O) groups is 2. The zero-order chi connectivity index (χ0) is 33.2. The van der Waals surface area contributed by atoms with Gasteiger partial charge in [0.1, 0.15) is 22.4 Å². The van der Waals surface area contributed by atoms with Crippen molar-refractivity contribution in [3.8, 4) is 34.1 Å². The van der Waals surface area contributed by atoms with Crippen molar-refractivity contribution in [2.75, 3.05) is 66.3 Å². The molecular formula is C35H38N2O8S2. The van der Waals surface area contributed by atoms with E-state index in [1.165, 1.54) is 31.0 Å². The van der Waals surface area contributed by atoms with Crippen molar-refractivity contribution in [2.24, 2.45) is 0 Å². The highest BCUT2D eigenvalue weighted by atomic mass is 32.2. The number of hydrogen-bond acceptors (Lipinski definition) is 10. The van der Waals surface area contributed by atoms with Crippen molar-refractivity contribution in [1.82, 2.24) is 9.80 Å². The Bertz CT molecular complexity index is 1610. The Hall–Kier alpha value is -4.10. The average Bonchev–Trinajstić information content (AvgIpc) is 3.35.